The molecule has 2 unspecified atom stereocenters. The lowest BCUT2D eigenvalue weighted by Gasteiger charge is -2.35. The van der Waals surface area contributed by atoms with Crippen molar-refractivity contribution in [2.75, 3.05) is 6.67 Å². The van der Waals surface area contributed by atoms with Crippen LogP contribution in [0.4, 0.5) is 0 Å². The van der Waals surface area contributed by atoms with E-state index in [1.54, 1.807) is 0 Å². The van der Waals surface area contributed by atoms with E-state index in [-0.39, 0.29) is 12.6 Å². The molecule has 1 fully saturated rings. The average Bonchev–Trinajstić information content (AvgIpc) is 1.85. The van der Waals surface area contributed by atoms with Gasteiger partial charge in [0.15, 0.2) is 12.7 Å². The minimum absolute atomic E-state index is 0.144. The molecule has 1 rings (SSSR count). The van der Waals surface area contributed by atoms with Crippen molar-refractivity contribution in [2.45, 2.75) is 19.6 Å². The predicted molar refractivity (Wildman–Crippen MR) is 35.7 cm³/mol. The number of amides is 1. The first-order valence-electron chi connectivity index (χ1n) is 3.24. The van der Waals surface area contributed by atoms with E-state index < -0.39 is 12.7 Å². The fourth-order valence-electron chi connectivity index (χ4n) is 0.845. The number of rotatable bonds is 0. The highest BCUT2D eigenvalue weighted by atomic mass is 16.4. The number of aliphatic hydroxyl groups excluding tert-OH is 2. The van der Waals surface area contributed by atoms with Crippen molar-refractivity contribution >= 4 is 5.91 Å². The standard InChI is InChI=1S/C5H11N3O3/c1-3(9)8-2-6-4(10)7-5(8)11/h4-7,10-11H,2H2,1H3. The zero-order valence-corrected chi connectivity index (χ0v) is 6.11. The Morgan fingerprint density at radius 3 is 2.73 bits per heavy atom. The number of carbonyl (C=O) groups is 1. The second kappa shape index (κ2) is 3.14. The zero-order valence-electron chi connectivity index (χ0n) is 6.11. The summed E-state index contributed by atoms with van der Waals surface area (Å²) in [6, 6.07) is 0. The van der Waals surface area contributed by atoms with Crippen molar-refractivity contribution in [1.29, 1.82) is 0 Å². The zero-order chi connectivity index (χ0) is 8.43. The maximum Gasteiger partial charge on any atom is 0.223 e. The third-order valence-corrected chi connectivity index (χ3v) is 1.46. The summed E-state index contributed by atoms with van der Waals surface area (Å²) < 4.78 is 0. The molecule has 64 valence electrons. The molecule has 6 nitrogen and oxygen atoms in total. The molecular formula is C5H11N3O3. The molecule has 0 aromatic rings. The summed E-state index contributed by atoms with van der Waals surface area (Å²) in [5.41, 5.74) is 0. The molecule has 0 aromatic carbocycles. The predicted octanol–water partition coefficient (Wildman–Crippen LogP) is -2.46. The monoisotopic (exact) mass is 161 g/mol. The van der Waals surface area contributed by atoms with Crippen molar-refractivity contribution in [3.05, 3.63) is 0 Å². The molecule has 0 bridgehead atoms. The number of carbonyl (C=O) groups excluding carboxylic acids is 1. The molecule has 0 spiro atoms. The van der Waals surface area contributed by atoms with Gasteiger partial charge in [-0.1, -0.05) is 0 Å². The van der Waals surface area contributed by atoms with Gasteiger partial charge in [0.1, 0.15) is 0 Å². The molecule has 0 radical (unpaired) electrons. The van der Waals surface area contributed by atoms with E-state index >= 15 is 0 Å². The van der Waals surface area contributed by atoms with Gasteiger partial charge in [0.2, 0.25) is 5.91 Å². The van der Waals surface area contributed by atoms with Crippen LogP contribution in [0.5, 0.6) is 0 Å². The van der Waals surface area contributed by atoms with Crippen LogP contribution >= 0.6 is 0 Å². The maximum atomic E-state index is 10.7. The van der Waals surface area contributed by atoms with Crippen LogP contribution in [-0.2, 0) is 4.79 Å². The quantitative estimate of drug-likeness (QED) is 0.316. The second-order valence-corrected chi connectivity index (χ2v) is 2.29. The Kier molecular flexibility index (Phi) is 2.40. The van der Waals surface area contributed by atoms with Crippen LogP contribution in [0.15, 0.2) is 0 Å². The van der Waals surface area contributed by atoms with Gasteiger partial charge in [0, 0.05) is 6.92 Å². The van der Waals surface area contributed by atoms with Crippen LogP contribution in [0.25, 0.3) is 0 Å². The summed E-state index contributed by atoms with van der Waals surface area (Å²) in [5, 5.41) is 22.8. The maximum absolute atomic E-state index is 10.7. The van der Waals surface area contributed by atoms with Gasteiger partial charge in [0.25, 0.3) is 0 Å². The van der Waals surface area contributed by atoms with Crippen LogP contribution in [0, 0.1) is 0 Å². The molecule has 1 amide bonds. The fraction of sp³-hybridized carbons (Fsp3) is 0.800. The molecule has 4 N–H and O–H groups in total. The Balaban J connectivity index is 2.50. The highest BCUT2D eigenvalue weighted by molar-refractivity contribution is 5.73. The largest absolute Gasteiger partial charge is 0.365 e. The summed E-state index contributed by atoms with van der Waals surface area (Å²) in [7, 11) is 0. The van der Waals surface area contributed by atoms with E-state index in [1.807, 2.05) is 0 Å². The third kappa shape index (κ3) is 1.87. The minimum atomic E-state index is -1.11. The molecular weight excluding hydrogens is 150 g/mol. The van der Waals surface area contributed by atoms with Crippen molar-refractivity contribution in [3.63, 3.8) is 0 Å². The van der Waals surface area contributed by atoms with Gasteiger partial charge in [0.05, 0.1) is 6.67 Å². The molecule has 0 aromatic heterocycles. The van der Waals surface area contributed by atoms with Crippen LogP contribution in [0.2, 0.25) is 0 Å². The number of hydrogen-bond donors (Lipinski definition) is 4. The third-order valence-electron chi connectivity index (χ3n) is 1.46. The van der Waals surface area contributed by atoms with Gasteiger partial charge >= 0.3 is 0 Å². The number of nitrogens with one attached hydrogen (secondary N) is 2. The fourth-order valence-corrected chi connectivity index (χ4v) is 0.845. The summed E-state index contributed by atoms with van der Waals surface area (Å²) >= 11 is 0. The van der Waals surface area contributed by atoms with Gasteiger partial charge < -0.3 is 10.2 Å². The summed E-state index contributed by atoms with van der Waals surface area (Å²) in [6.45, 7) is 1.48. The van der Waals surface area contributed by atoms with Crippen LogP contribution in [0.3, 0.4) is 0 Å². The Bertz CT molecular complexity index is 163. The van der Waals surface area contributed by atoms with Crippen LogP contribution in [0.1, 0.15) is 6.92 Å². The van der Waals surface area contributed by atoms with Crippen molar-refractivity contribution < 1.29 is 15.0 Å². The average molecular weight is 161 g/mol. The van der Waals surface area contributed by atoms with Gasteiger partial charge in [-0.2, -0.15) is 0 Å². The molecule has 1 saturated heterocycles. The highest BCUT2D eigenvalue weighted by Gasteiger charge is 2.25. The van der Waals surface area contributed by atoms with Gasteiger partial charge in [-0.15, -0.1) is 0 Å². The molecule has 1 aliphatic heterocycles. The molecule has 0 saturated carbocycles. The van der Waals surface area contributed by atoms with Crippen molar-refractivity contribution in [1.82, 2.24) is 15.5 Å². The Hall–Kier alpha value is -0.690. The lowest BCUT2D eigenvalue weighted by Crippen LogP contribution is -2.64. The number of nitrogens with zero attached hydrogens (tertiary/aromatic N) is 1. The molecule has 6 heteroatoms. The lowest BCUT2D eigenvalue weighted by molar-refractivity contribution is -0.156. The Morgan fingerprint density at radius 2 is 2.27 bits per heavy atom. The van der Waals surface area contributed by atoms with Gasteiger partial charge in [-0.05, 0) is 0 Å². The summed E-state index contributed by atoms with van der Waals surface area (Å²) in [5.74, 6) is -0.260. The van der Waals surface area contributed by atoms with Gasteiger partial charge in [-0.25, -0.2) is 5.32 Å². The first-order chi connectivity index (χ1) is 5.11. The Morgan fingerprint density at radius 1 is 1.64 bits per heavy atom. The topological polar surface area (TPSA) is 84.8 Å². The first-order valence-corrected chi connectivity index (χ1v) is 3.24. The SMILES string of the molecule is CC(=O)N1CNC(O)NC1O. The summed E-state index contributed by atoms with van der Waals surface area (Å²) in [6.07, 6.45) is -2.07. The van der Waals surface area contributed by atoms with Crippen LogP contribution in [-0.4, -0.2) is 40.4 Å². The molecule has 2 atom stereocenters. The number of aliphatic hydroxyl groups is 2. The molecule has 11 heavy (non-hydrogen) atoms. The van der Waals surface area contributed by atoms with E-state index in [0.717, 1.165) is 4.90 Å². The van der Waals surface area contributed by atoms with E-state index in [2.05, 4.69) is 10.6 Å². The van der Waals surface area contributed by atoms with E-state index in [9.17, 15) is 4.79 Å². The Labute approximate surface area is 63.8 Å². The first kappa shape index (κ1) is 8.41. The normalized spacial score (nSPS) is 32.1. The van der Waals surface area contributed by atoms with E-state index in [1.165, 1.54) is 6.92 Å². The minimum Gasteiger partial charge on any atom is -0.365 e. The van der Waals surface area contributed by atoms with Gasteiger partial charge in [-0.3, -0.25) is 15.0 Å². The number of hydrogen-bond acceptors (Lipinski definition) is 5. The molecule has 0 aliphatic carbocycles. The van der Waals surface area contributed by atoms with E-state index in [0.29, 0.717) is 0 Å². The molecule has 1 aliphatic rings. The lowest BCUT2D eigenvalue weighted by atomic mass is 10.5. The van der Waals surface area contributed by atoms with Crippen molar-refractivity contribution in [2.24, 2.45) is 0 Å². The van der Waals surface area contributed by atoms with E-state index in [4.69, 9.17) is 10.2 Å². The van der Waals surface area contributed by atoms with Crippen molar-refractivity contribution in [3.8, 4) is 0 Å². The molecule has 1 heterocycles. The highest BCUT2D eigenvalue weighted by Crippen LogP contribution is 1.97. The summed E-state index contributed by atoms with van der Waals surface area (Å²) in [4.78, 5) is 11.9. The smallest absolute Gasteiger partial charge is 0.223 e. The van der Waals surface area contributed by atoms with Crippen LogP contribution < -0.4 is 10.6 Å². The second-order valence-electron chi connectivity index (χ2n) is 2.29.